The predicted octanol–water partition coefficient (Wildman–Crippen LogP) is 7.76. The second kappa shape index (κ2) is 18.2. The fourth-order valence-electron chi connectivity index (χ4n) is 8.36. The van der Waals surface area contributed by atoms with E-state index >= 15 is 0 Å². The maximum Gasteiger partial charge on any atom is 0.521 e. The third-order valence-electron chi connectivity index (χ3n) is 11.7. The van der Waals surface area contributed by atoms with Crippen molar-refractivity contribution in [2.45, 2.75) is 91.4 Å². The number of carbonyl (C=O) groups is 3. The molecular weight excluding hydrogens is 803 g/mol. The van der Waals surface area contributed by atoms with Crippen molar-refractivity contribution in [2.75, 3.05) is 50.5 Å². The summed E-state index contributed by atoms with van der Waals surface area (Å²) in [6.07, 6.45) is 2.42. The molecule has 326 valence electrons. The summed E-state index contributed by atoms with van der Waals surface area (Å²) in [4.78, 5) is 54.8. The van der Waals surface area contributed by atoms with E-state index in [1.807, 2.05) is 12.1 Å². The molecule has 0 saturated carbocycles. The van der Waals surface area contributed by atoms with Gasteiger partial charge in [-0.1, -0.05) is 27.7 Å². The molecule has 2 aliphatic rings. The molecule has 0 aliphatic carbocycles. The summed E-state index contributed by atoms with van der Waals surface area (Å²) in [5.41, 5.74) is 3.23. The fraction of sp³-hybridized carbons (Fsp3) is 0.489. The Morgan fingerprint density at radius 1 is 0.902 bits per heavy atom. The number of hydrogen-bond acceptors (Lipinski definition) is 12. The van der Waals surface area contributed by atoms with Crippen LogP contribution in [0.5, 0.6) is 0 Å². The van der Waals surface area contributed by atoms with Crippen molar-refractivity contribution in [3.8, 4) is 28.9 Å². The lowest BCUT2D eigenvalue weighted by Gasteiger charge is -2.48. The van der Waals surface area contributed by atoms with E-state index in [4.69, 9.17) is 31.6 Å². The van der Waals surface area contributed by atoms with Gasteiger partial charge in [0.05, 0.1) is 12.1 Å². The van der Waals surface area contributed by atoms with E-state index < -0.39 is 38.2 Å². The first-order valence-corrected chi connectivity index (χ1v) is 22.8. The highest BCUT2D eigenvalue weighted by Gasteiger charge is 2.45. The SMILES string of the molecule is CCO[Si](CN(CCC(CCC(=O)O)C(=O)O)C(=O)/C(C#N)=C/c1ccc(-c2ccc(-c3cc4cc5c6c(c4oc3=O)C(C)(C)CCN6CCC5(C)C)o2)o1)(OCC)OCC. The largest absolute Gasteiger partial charge is 0.521 e. The maximum atomic E-state index is 14.1. The normalized spacial score (nSPS) is 16.2. The molecule has 0 bridgehead atoms. The summed E-state index contributed by atoms with van der Waals surface area (Å²) in [6, 6.07) is 12.4. The van der Waals surface area contributed by atoms with Crippen LogP contribution in [-0.2, 0) is 38.5 Å². The van der Waals surface area contributed by atoms with Crippen LogP contribution in [0.3, 0.4) is 0 Å². The minimum absolute atomic E-state index is 0.0639. The van der Waals surface area contributed by atoms with Gasteiger partial charge in [0.25, 0.3) is 5.91 Å². The number of aliphatic carboxylic acids is 2. The van der Waals surface area contributed by atoms with Crippen LogP contribution in [-0.4, -0.2) is 87.4 Å². The quantitative estimate of drug-likeness (QED) is 0.0400. The Labute approximate surface area is 355 Å². The smallest absolute Gasteiger partial charge is 0.481 e. The molecule has 6 rings (SSSR count). The minimum Gasteiger partial charge on any atom is -0.481 e. The average Bonchev–Trinajstić information content (AvgIpc) is 3.88. The van der Waals surface area contributed by atoms with Gasteiger partial charge in [-0.15, -0.1) is 0 Å². The molecule has 1 atom stereocenters. The van der Waals surface area contributed by atoms with Crippen LogP contribution in [0.4, 0.5) is 5.69 Å². The lowest BCUT2D eigenvalue weighted by atomic mass is 9.69. The molecule has 16 heteroatoms. The van der Waals surface area contributed by atoms with Crippen molar-refractivity contribution in [1.82, 2.24) is 4.90 Å². The maximum absolute atomic E-state index is 14.1. The highest BCUT2D eigenvalue weighted by molar-refractivity contribution is 6.61. The first-order valence-electron chi connectivity index (χ1n) is 20.8. The van der Waals surface area contributed by atoms with E-state index in [1.54, 1.807) is 45.0 Å². The van der Waals surface area contributed by atoms with Gasteiger partial charge >= 0.3 is 26.4 Å². The number of furan rings is 2. The second-order valence-electron chi connectivity index (χ2n) is 16.8. The fourth-order valence-corrected chi connectivity index (χ4v) is 11.0. The molecule has 0 saturated heterocycles. The second-order valence-corrected chi connectivity index (χ2v) is 19.3. The molecule has 3 aromatic heterocycles. The van der Waals surface area contributed by atoms with Gasteiger partial charge in [-0.05, 0) is 99.2 Å². The van der Waals surface area contributed by atoms with Crippen LogP contribution in [0.25, 0.3) is 39.9 Å². The van der Waals surface area contributed by atoms with Gasteiger partial charge in [0, 0.05) is 68.6 Å². The Kier molecular flexibility index (Phi) is 13.5. The van der Waals surface area contributed by atoms with Crippen LogP contribution < -0.4 is 10.5 Å². The average molecular weight is 858 g/mol. The summed E-state index contributed by atoms with van der Waals surface area (Å²) >= 11 is 0. The van der Waals surface area contributed by atoms with Crippen molar-refractivity contribution < 1.29 is 51.1 Å². The number of anilines is 1. The molecule has 0 fully saturated rings. The number of rotatable bonds is 19. The molecule has 5 heterocycles. The molecule has 15 nitrogen and oxygen atoms in total. The van der Waals surface area contributed by atoms with Crippen LogP contribution in [0.15, 0.2) is 60.0 Å². The Morgan fingerprint density at radius 3 is 2.15 bits per heavy atom. The van der Waals surface area contributed by atoms with Gasteiger partial charge in [0.1, 0.15) is 34.3 Å². The number of fused-ring (bicyclic) bond motifs is 2. The zero-order chi connectivity index (χ0) is 44.3. The topological polar surface area (TPSA) is 206 Å². The molecular formula is C45H55N3O12Si. The number of benzene rings is 1. The summed E-state index contributed by atoms with van der Waals surface area (Å²) in [5, 5.41) is 30.1. The predicted molar refractivity (Wildman–Crippen MR) is 229 cm³/mol. The third kappa shape index (κ3) is 9.55. The molecule has 1 aromatic carbocycles. The highest BCUT2D eigenvalue weighted by atomic mass is 28.4. The highest BCUT2D eigenvalue weighted by Crippen LogP contribution is 2.52. The summed E-state index contributed by atoms with van der Waals surface area (Å²) < 4.78 is 36.3. The molecule has 0 spiro atoms. The van der Waals surface area contributed by atoms with E-state index in [0.717, 1.165) is 36.9 Å². The lowest BCUT2D eigenvalue weighted by molar-refractivity contribution is -0.143. The number of amides is 1. The zero-order valence-corrected chi connectivity index (χ0v) is 36.9. The number of carbonyl (C=O) groups excluding carboxylic acids is 1. The van der Waals surface area contributed by atoms with Crippen LogP contribution >= 0.6 is 0 Å². The molecule has 4 aromatic rings. The van der Waals surface area contributed by atoms with E-state index in [0.29, 0.717) is 11.3 Å². The Balaban J connectivity index is 1.30. The summed E-state index contributed by atoms with van der Waals surface area (Å²) in [7, 11) is -3.56. The van der Waals surface area contributed by atoms with Crippen LogP contribution in [0, 0.1) is 17.2 Å². The molecule has 2 N–H and O–H groups in total. The van der Waals surface area contributed by atoms with Gasteiger partial charge < -0.3 is 46.5 Å². The molecule has 0 radical (unpaired) electrons. The van der Waals surface area contributed by atoms with Crippen molar-refractivity contribution in [2.24, 2.45) is 5.92 Å². The summed E-state index contributed by atoms with van der Waals surface area (Å²) in [6.45, 7) is 16.6. The van der Waals surface area contributed by atoms with Gasteiger partial charge in [-0.3, -0.25) is 14.4 Å². The van der Waals surface area contributed by atoms with Gasteiger partial charge in [-0.25, -0.2) is 4.79 Å². The van der Waals surface area contributed by atoms with E-state index in [2.05, 4.69) is 38.7 Å². The van der Waals surface area contributed by atoms with Gasteiger partial charge in [0.15, 0.2) is 11.5 Å². The van der Waals surface area contributed by atoms with E-state index in [9.17, 15) is 29.5 Å². The van der Waals surface area contributed by atoms with Gasteiger partial charge in [0.2, 0.25) is 0 Å². The minimum atomic E-state index is -3.56. The van der Waals surface area contributed by atoms with Crippen LogP contribution in [0.1, 0.15) is 97.5 Å². The lowest BCUT2D eigenvalue weighted by Crippen LogP contribution is -2.57. The first-order chi connectivity index (χ1) is 29.0. The van der Waals surface area contributed by atoms with E-state index in [1.165, 1.54) is 22.2 Å². The third-order valence-corrected chi connectivity index (χ3v) is 14.6. The number of carboxylic acids is 2. The number of nitrogens with zero attached hydrogens (tertiary/aromatic N) is 3. The van der Waals surface area contributed by atoms with Crippen molar-refractivity contribution >= 4 is 49.4 Å². The number of carboxylic acid groups (broad SMARTS) is 2. The zero-order valence-electron chi connectivity index (χ0n) is 35.9. The standard InChI is InChI=1S/C45H55N3O12Si/c1-8-55-61(56-9-2,57-10-3)27-48(20-17-28(42(52)53)11-16-37(49)50)41(51)30(26-46)23-31-12-13-35(58-31)36-15-14-34(59-36)32-24-29-25-33-39-38(40(29)60-43(32)54)45(6,7)19-22-47(39)21-18-44(33,4)5/h12-15,23-25,28H,8-11,16-22,27H2,1-7H3,(H,49,50)(H,52,53)/b30-23+. The Morgan fingerprint density at radius 2 is 1.52 bits per heavy atom. The molecule has 1 amide bonds. The van der Waals surface area contributed by atoms with Crippen molar-refractivity contribution in [1.29, 1.82) is 5.26 Å². The monoisotopic (exact) mass is 857 g/mol. The summed E-state index contributed by atoms with van der Waals surface area (Å²) in [5.74, 6) is -3.18. The van der Waals surface area contributed by atoms with Crippen molar-refractivity contribution in [3.05, 3.63) is 69.3 Å². The molecule has 1 unspecified atom stereocenters. The van der Waals surface area contributed by atoms with Crippen LogP contribution in [0.2, 0.25) is 0 Å². The molecule has 2 aliphatic heterocycles. The van der Waals surface area contributed by atoms with Crippen molar-refractivity contribution in [3.63, 3.8) is 0 Å². The number of hydrogen-bond donors (Lipinski definition) is 2. The Hall–Kier alpha value is -5.47. The van der Waals surface area contributed by atoms with Gasteiger partial charge in [-0.2, -0.15) is 5.26 Å². The number of nitriles is 1. The first kappa shape index (κ1) is 45.1. The molecule has 61 heavy (non-hydrogen) atoms. The Bertz CT molecular complexity index is 2400. The van der Waals surface area contributed by atoms with E-state index in [-0.39, 0.29) is 91.0 Å².